The second-order valence-corrected chi connectivity index (χ2v) is 5.62. The van der Waals surface area contributed by atoms with Gasteiger partial charge < -0.3 is 4.74 Å². The highest BCUT2D eigenvalue weighted by Crippen LogP contribution is 2.49. The van der Waals surface area contributed by atoms with Gasteiger partial charge in [0.05, 0.1) is 4.92 Å². The monoisotopic (exact) mass is 309 g/mol. The normalized spacial score (nSPS) is 21.9. The third-order valence-electron chi connectivity index (χ3n) is 3.42. The molecule has 0 spiro atoms. The maximum atomic E-state index is 11.1. The molecule has 1 atom stereocenters. The number of nitro groups is 1. The number of allylic oxidation sites excluding steroid dienone is 1. The van der Waals surface area contributed by atoms with Crippen LogP contribution in [0.25, 0.3) is 0 Å². The topological polar surface area (TPSA) is 52.4 Å². The van der Waals surface area contributed by atoms with E-state index in [1.54, 1.807) is 0 Å². The minimum absolute atomic E-state index is 0.0497. The molecule has 4 nitrogen and oxygen atoms in total. The van der Waals surface area contributed by atoms with E-state index in [2.05, 4.69) is 22.0 Å². The number of nitrogens with zero attached hydrogens (tertiary/aromatic N) is 1. The summed E-state index contributed by atoms with van der Waals surface area (Å²) in [6, 6.07) is 3.45. The van der Waals surface area contributed by atoms with Crippen LogP contribution in [-0.4, -0.2) is 11.5 Å². The predicted octanol–water partition coefficient (Wildman–Crippen LogP) is 3.80. The predicted molar refractivity (Wildman–Crippen MR) is 70.9 cm³/mol. The molecule has 1 unspecified atom stereocenters. The van der Waals surface area contributed by atoms with Gasteiger partial charge in [-0.05, 0) is 24.8 Å². The van der Waals surface area contributed by atoms with Crippen molar-refractivity contribution < 1.29 is 9.66 Å². The molecule has 1 aliphatic heterocycles. The molecule has 94 valence electrons. The van der Waals surface area contributed by atoms with Crippen molar-refractivity contribution in [2.24, 2.45) is 5.92 Å². The lowest BCUT2D eigenvalue weighted by Gasteiger charge is -2.15. The van der Waals surface area contributed by atoms with E-state index in [1.807, 2.05) is 12.1 Å². The first-order chi connectivity index (χ1) is 8.66. The Kier molecular flexibility index (Phi) is 2.86. The quantitative estimate of drug-likeness (QED) is 0.474. The van der Waals surface area contributed by atoms with Gasteiger partial charge >= 0.3 is 5.69 Å². The molecule has 18 heavy (non-hydrogen) atoms. The second kappa shape index (κ2) is 4.39. The minimum atomic E-state index is -0.376. The fourth-order valence-electron chi connectivity index (χ4n) is 2.44. The standard InChI is InChI=1S/C13H12BrNO3/c14-9-6-11-10(8-3-4-8)2-1-5-18-13(11)12(7-9)15(16)17/h1-2,6-8,10H,3-5H2. The first-order valence-electron chi connectivity index (χ1n) is 5.94. The maximum Gasteiger partial charge on any atom is 0.312 e. The Balaban J connectivity index is 2.16. The summed E-state index contributed by atoms with van der Waals surface area (Å²) in [7, 11) is 0. The van der Waals surface area contributed by atoms with E-state index in [1.165, 1.54) is 18.9 Å². The van der Waals surface area contributed by atoms with Crippen LogP contribution in [0.15, 0.2) is 28.8 Å². The van der Waals surface area contributed by atoms with Crippen molar-refractivity contribution in [1.82, 2.24) is 0 Å². The number of benzene rings is 1. The first-order valence-corrected chi connectivity index (χ1v) is 6.73. The van der Waals surface area contributed by atoms with Gasteiger partial charge in [0.1, 0.15) is 6.61 Å². The van der Waals surface area contributed by atoms with Gasteiger partial charge in [0, 0.05) is 22.0 Å². The summed E-state index contributed by atoms with van der Waals surface area (Å²) in [5.74, 6) is 1.29. The molecule has 0 bridgehead atoms. The number of fused-ring (bicyclic) bond motifs is 1. The van der Waals surface area contributed by atoms with Crippen molar-refractivity contribution in [3.05, 3.63) is 44.4 Å². The van der Waals surface area contributed by atoms with Crippen molar-refractivity contribution in [1.29, 1.82) is 0 Å². The minimum Gasteiger partial charge on any atom is -0.482 e. The number of rotatable bonds is 2. The van der Waals surface area contributed by atoms with Gasteiger partial charge in [-0.15, -0.1) is 0 Å². The number of halogens is 1. The molecule has 1 aliphatic carbocycles. The van der Waals surface area contributed by atoms with E-state index < -0.39 is 0 Å². The van der Waals surface area contributed by atoms with Crippen molar-refractivity contribution >= 4 is 21.6 Å². The van der Waals surface area contributed by atoms with Gasteiger partial charge in [0.15, 0.2) is 0 Å². The summed E-state index contributed by atoms with van der Waals surface area (Å²) in [6.07, 6.45) is 6.46. The molecular formula is C13H12BrNO3. The molecule has 0 radical (unpaired) electrons. The van der Waals surface area contributed by atoms with Crippen LogP contribution in [0.1, 0.15) is 24.3 Å². The van der Waals surface area contributed by atoms with Crippen molar-refractivity contribution in [3.63, 3.8) is 0 Å². The van der Waals surface area contributed by atoms with Crippen LogP contribution in [0.5, 0.6) is 5.75 Å². The van der Waals surface area contributed by atoms with Gasteiger partial charge in [-0.3, -0.25) is 10.1 Å². The molecule has 1 fully saturated rings. The zero-order valence-corrected chi connectivity index (χ0v) is 11.2. The van der Waals surface area contributed by atoms with Crippen molar-refractivity contribution in [2.45, 2.75) is 18.8 Å². The van der Waals surface area contributed by atoms with E-state index in [9.17, 15) is 10.1 Å². The van der Waals surface area contributed by atoms with Crippen LogP contribution in [0.3, 0.4) is 0 Å². The third-order valence-corrected chi connectivity index (χ3v) is 3.87. The smallest absolute Gasteiger partial charge is 0.312 e. The molecule has 0 aromatic heterocycles. The number of ether oxygens (including phenoxy) is 1. The van der Waals surface area contributed by atoms with E-state index in [-0.39, 0.29) is 16.5 Å². The molecule has 0 N–H and O–H groups in total. The zero-order chi connectivity index (χ0) is 12.7. The molecule has 1 aromatic rings. The largest absolute Gasteiger partial charge is 0.482 e. The Bertz CT molecular complexity index is 537. The molecular weight excluding hydrogens is 298 g/mol. The summed E-state index contributed by atoms with van der Waals surface area (Å²) in [6.45, 7) is 0.401. The average molecular weight is 310 g/mol. The van der Waals surface area contributed by atoms with Crippen LogP contribution >= 0.6 is 15.9 Å². The third kappa shape index (κ3) is 2.03. The summed E-state index contributed by atoms with van der Waals surface area (Å²) in [5.41, 5.74) is 0.987. The van der Waals surface area contributed by atoms with E-state index in [0.717, 1.165) is 10.0 Å². The Labute approximate surface area is 113 Å². The number of hydrogen-bond acceptors (Lipinski definition) is 3. The average Bonchev–Trinajstić information content (AvgIpc) is 3.12. The molecule has 1 aromatic carbocycles. The summed E-state index contributed by atoms with van der Waals surface area (Å²) in [5, 5.41) is 11.1. The Morgan fingerprint density at radius 1 is 1.39 bits per heavy atom. The maximum absolute atomic E-state index is 11.1. The van der Waals surface area contributed by atoms with Crippen LogP contribution in [0.4, 0.5) is 5.69 Å². The highest BCUT2D eigenvalue weighted by molar-refractivity contribution is 9.10. The Morgan fingerprint density at radius 2 is 2.17 bits per heavy atom. The summed E-state index contributed by atoms with van der Waals surface area (Å²) >= 11 is 3.35. The molecule has 5 heteroatoms. The van der Waals surface area contributed by atoms with E-state index in [4.69, 9.17) is 4.74 Å². The lowest BCUT2D eigenvalue weighted by atomic mass is 9.93. The lowest BCUT2D eigenvalue weighted by molar-refractivity contribution is -0.386. The number of nitro benzene ring substituents is 1. The fourth-order valence-corrected chi connectivity index (χ4v) is 2.91. The number of hydrogen-bond donors (Lipinski definition) is 0. The van der Waals surface area contributed by atoms with Gasteiger partial charge in [-0.2, -0.15) is 0 Å². The van der Waals surface area contributed by atoms with Crippen molar-refractivity contribution in [3.8, 4) is 5.75 Å². The second-order valence-electron chi connectivity index (χ2n) is 4.70. The van der Waals surface area contributed by atoms with Crippen LogP contribution < -0.4 is 4.74 Å². The highest BCUT2D eigenvalue weighted by Gasteiger charge is 2.35. The Morgan fingerprint density at radius 3 is 2.83 bits per heavy atom. The van der Waals surface area contributed by atoms with Crippen LogP contribution in [-0.2, 0) is 0 Å². The molecule has 3 rings (SSSR count). The lowest BCUT2D eigenvalue weighted by Crippen LogP contribution is -2.03. The SMILES string of the molecule is O=[N+]([O-])c1cc(Br)cc2c1OCC=CC2C1CC1. The summed E-state index contributed by atoms with van der Waals surface area (Å²) < 4.78 is 6.29. The van der Waals surface area contributed by atoms with Gasteiger partial charge in [-0.1, -0.05) is 28.1 Å². The zero-order valence-electron chi connectivity index (χ0n) is 9.64. The molecule has 0 amide bonds. The van der Waals surface area contributed by atoms with Gasteiger partial charge in [-0.25, -0.2) is 0 Å². The first kappa shape index (κ1) is 11.7. The molecule has 0 saturated heterocycles. The van der Waals surface area contributed by atoms with Gasteiger partial charge in [0.25, 0.3) is 0 Å². The molecule has 1 heterocycles. The summed E-state index contributed by atoms with van der Waals surface area (Å²) in [4.78, 5) is 10.7. The van der Waals surface area contributed by atoms with E-state index >= 15 is 0 Å². The van der Waals surface area contributed by atoms with Crippen LogP contribution in [0.2, 0.25) is 0 Å². The fraction of sp³-hybridized carbons (Fsp3) is 0.385. The Hall–Kier alpha value is -1.36. The van der Waals surface area contributed by atoms with Crippen LogP contribution in [0, 0.1) is 16.0 Å². The highest BCUT2D eigenvalue weighted by atomic mass is 79.9. The molecule has 2 aliphatic rings. The van der Waals surface area contributed by atoms with E-state index in [0.29, 0.717) is 18.3 Å². The van der Waals surface area contributed by atoms with Gasteiger partial charge in [0.2, 0.25) is 5.75 Å². The molecule has 1 saturated carbocycles. The van der Waals surface area contributed by atoms with Crippen molar-refractivity contribution in [2.75, 3.05) is 6.61 Å².